The Hall–Kier alpha value is -2.67. The van der Waals surface area contributed by atoms with Gasteiger partial charge in [-0.05, 0) is 42.9 Å². The van der Waals surface area contributed by atoms with E-state index in [2.05, 4.69) is 18.5 Å². The minimum Gasteiger partial charge on any atom is -0.481 e. The molecule has 0 radical (unpaired) electrons. The summed E-state index contributed by atoms with van der Waals surface area (Å²) in [6, 6.07) is 7.16. The van der Waals surface area contributed by atoms with E-state index in [0.29, 0.717) is 48.9 Å². The van der Waals surface area contributed by atoms with Gasteiger partial charge in [-0.25, -0.2) is 4.99 Å². The van der Waals surface area contributed by atoms with Crippen molar-refractivity contribution in [1.82, 2.24) is 9.80 Å². The van der Waals surface area contributed by atoms with E-state index in [1.807, 2.05) is 12.1 Å². The highest BCUT2D eigenvalue weighted by Crippen LogP contribution is 2.22. The molecule has 1 saturated heterocycles. The minimum atomic E-state index is -0.809. The van der Waals surface area contributed by atoms with Gasteiger partial charge in [-0.1, -0.05) is 50.1 Å². The molecule has 1 aromatic rings. The molecule has 0 atom stereocenters. The molecule has 1 fully saturated rings. The van der Waals surface area contributed by atoms with Crippen molar-refractivity contribution in [2.75, 3.05) is 19.6 Å². The first kappa shape index (κ1) is 26.6. The molecule has 7 nitrogen and oxygen atoms in total. The van der Waals surface area contributed by atoms with Gasteiger partial charge in [0.25, 0.3) is 0 Å². The highest BCUT2D eigenvalue weighted by molar-refractivity contribution is 6.30. The quantitative estimate of drug-likeness (QED) is 0.297. The number of aliphatic imine (C=N–C) groups is 1. The Morgan fingerprint density at radius 3 is 2.36 bits per heavy atom. The fraction of sp³-hybridized carbons (Fsp3) is 0.520. The van der Waals surface area contributed by atoms with Gasteiger partial charge in [-0.15, -0.1) is 0 Å². The summed E-state index contributed by atoms with van der Waals surface area (Å²) >= 11 is 5.97. The van der Waals surface area contributed by atoms with Crippen molar-refractivity contribution in [3.63, 3.8) is 0 Å². The van der Waals surface area contributed by atoms with Crippen molar-refractivity contribution >= 4 is 40.9 Å². The molecule has 180 valence electrons. The van der Waals surface area contributed by atoms with Crippen molar-refractivity contribution < 1.29 is 19.5 Å². The SMILES string of the molecule is C=C(/N=C(/CCCCC)N(CC(=O)N1CCC(CC(=O)O)CC1)C(C)=O)c1ccc(Cl)cc1. The number of unbranched alkanes of at least 4 members (excludes halogenated alkanes) is 2. The molecule has 1 aromatic carbocycles. The van der Waals surface area contributed by atoms with E-state index in [9.17, 15) is 14.4 Å². The van der Waals surface area contributed by atoms with Gasteiger partial charge in [0.2, 0.25) is 11.8 Å². The zero-order valence-electron chi connectivity index (χ0n) is 19.6. The van der Waals surface area contributed by atoms with Crippen molar-refractivity contribution in [3.8, 4) is 0 Å². The normalized spacial score (nSPS) is 14.8. The number of hydrogen-bond acceptors (Lipinski definition) is 4. The standard InChI is InChI=1S/C25H34ClN3O4/c1-4-5-6-7-23(27-18(2)21-8-10-22(26)11-9-21)29(19(3)30)17-24(31)28-14-12-20(13-15-28)16-25(32)33/h8-11,20H,2,4-7,12-17H2,1,3H3,(H,32,33)/b27-23-. The van der Waals surface area contributed by atoms with E-state index in [0.717, 1.165) is 24.8 Å². The topological polar surface area (TPSA) is 90.3 Å². The summed E-state index contributed by atoms with van der Waals surface area (Å²) in [5.74, 6) is -0.590. The molecule has 1 N–H and O–H groups in total. The number of carboxylic acid groups (broad SMARTS) is 1. The van der Waals surface area contributed by atoms with Gasteiger partial charge in [0.15, 0.2) is 0 Å². The Kier molecular flexibility index (Phi) is 10.6. The van der Waals surface area contributed by atoms with Crippen molar-refractivity contribution in [3.05, 3.63) is 41.4 Å². The number of nitrogens with zero attached hydrogens (tertiary/aromatic N) is 3. The van der Waals surface area contributed by atoms with E-state index in [1.54, 1.807) is 17.0 Å². The van der Waals surface area contributed by atoms with Gasteiger partial charge in [0.1, 0.15) is 12.4 Å². The van der Waals surface area contributed by atoms with Crippen molar-refractivity contribution in [2.45, 2.75) is 58.8 Å². The van der Waals surface area contributed by atoms with E-state index in [4.69, 9.17) is 16.7 Å². The number of carbonyl (C=O) groups excluding carboxylic acids is 2. The molecule has 1 aliphatic rings. The molecule has 2 rings (SSSR count). The molecule has 0 unspecified atom stereocenters. The van der Waals surface area contributed by atoms with Gasteiger partial charge >= 0.3 is 5.97 Å². The molecule has 8 heteroatoms. The third kappa shape index (κ3) is 8.65. The van der Waals surface area contributed by atoms with Crippen molar-refractivity contribution in [1.29, 1.82) is 0 Å². The smallest absolute Gasteiger partial charge is 0.303 e. The van der Waals surface area contributed by atoms with Gasteiger partial charge in [0.05, 0.1) is 5.70 Å². The summed E-state index contributed by atoms with van der Waals surface area (Å²) < 4.78 is 0. The highest BCUT2D eigenvalue weighted by atomic mass is 35.5. The van der Waals surface area contributed by atoms with Gasteiger partial charge in [-0.3, -0.25) is 19.3 Å². The first-order valence-corrected chi connectivity index (χ1v) is 11.9. The maximum absolute atomic E-state index is 13.0. The molecule has 33 heavy (non-hydrogen) atoms. The largest absolute Gasteiger partial charge is 0.481 e. The molecule has 1 aliphatic heterocycles. The minimum absolute atomic E-state index is 0.0855. The summed E-state index contributed by atoms with van der Waals surface area (Å²) in [6.07, 6.45) is 4.86. The average molecular weight is 476 g/mol. The Bertz CT molecular complexity index is 874. The number of amidine groups is 1. The number of amides is 2. The van der Waals surface area contributed by atoms with Gasteiger partial charge < -0.3 is 10.0 Å². The predicted octanol–water partition coefficient (Wildman–Crippen LogP) is 4.85. The van der Waals surface area contributed by atoms with Crippen LogP contribution in [0.5, 0.6) is 0 Å². The zero-order valence-corrected chi connectivity index (χ0v) is 20.3. The molecular weight excluding hydrogens is 442 g/mol. The Morgan fingerprint density at radius 1 is 1.18 bits per heavy atom. The summed E-state index contributed by atoms with van der Waals surface area (Å²) in [4.78, 5) is 44.3. The summed E-state index contributed by atoms with van der Waals surface area (Å²) in [5.41, 5.74) is 1.30. The van der Waals surface area contributed by atoms with Crippen LogP contribution in [0.4, 0.5) is 0 Å². The van der Waals surface area contributed by atoms with Crippen LogP contribution in [-0.2, 0) is 14.4 Å². The van der Waals surface area contributed by atoms with Crippen LogP contribution in [0, 0.1) is 5.92 Å². The molecule has 0 bridgehead atoms. The lowest BCUT2D eigenvalue weighted by atomic mass is 9.93. The fourth-order valence-corrected chi connectivity index (χ4v) is 4.03. The average Bonchev–Trinajstić information content (AvgIpc) is 2.77. The first-order valence-electron chi connectivity index (χ1n) is 11.5. The van der Waals surface area contributed by atoms with Crippen LogP contribution < -0.4 is 0 Å². The van der Waals surface area contributed by atoms with E-state index in [-0.39, 0.29) is 30.7 Å². The second kappa shape index (κ2) is 13.1. The first-order chi connectivity index (χ1) is 15.7. The Labute approximate surface area is 201 Å². The lowest BCUT2D eigenvalue weighted by molar-refractivity contribution is -0.140. The highest BCUT2D eigenvalue weighted by Gasteiger charge is 2.27. The maximum Gasteiger partial charge on any atom is 0.303 e. The van der Waals surface area contributed by atoms with Crippen molar-refractivity contribution in [2.24, 2.45) is 10.9 Å². The number of benzene rings is 1. The number of carbonyl (C=O) groups is 3. The summed E-state index contributed by atoms with van der Waals surface area (Å²) in [6.45, 7) is 8.51. The van der Waals surface area contributed by atoms with E-state index in [1.165, 1.54) is 11.8 Å². The molecule has 0 spiro atoms. The number of hydrogen-bond donors (Lipinski definition) is 1. The van der Waals surface area contributed by atoms with Gasteiger partial charge in [-0.2, -0.15) is 0 Å². The van der Waals surface area contributed by atoms with Crippen LogP contribution >= 0.6 is 11.6 Å². The number of aliphatic carboxylic acids is 1. The number of rotatable bonds is 10. The Morgan fingerprint density at radius 2 is 1.82 bits per heavy atom. The number of likely N-dealkylation sites (tertiary alicyclic amines) is 1. The number of piperidine rings is 1. The lowest BCUT2D eigenvalue weighted by Crippen LogP contribution is -2.47. The maximum atomic E-state index is 13.0. The number of halogens is 1. The predicted molar refractivity (Wildman–Crippen MR) is 131 cm³/mol. The monoisotopic (exact) mass is 475 g/mol. The third-order valence-corrected chi connectivity index (χ3v) is 6.11. The van der Waals surface area contributed by atoms with Crippen LogP contribution in [0.1, 0.15) is 64.4 Å². The zero-order chi connectivity index (χ0) is 24.4. The second-order valence-corrected chi connectivity index (χ2v) is 8.90. The van der Waals surface area contributed by atoms with Crippen LogP contribution in [0.25, 0.3) is 5.70 Å². The molecular formula is C25H34ClN3O4. The summed E-state index contributed by atoms with van der Waals surface area (Å²) in [7, 11) is 0. The van der Waals surface area contributed by atoms with Crippen LogP contribution in [0.15, 0.2) is 35.8 Å². The summed E-state index contributed by atoms with van der Waals surface area (Å²) in [5, 5.41) is 9.60. The second-order valence-electron chi connectivity index (χ2n) is 8.47. The van der Waals surface area contributed by atoms with E-state index >= 15 is 0 Å². The number of carboxylic acids is 1. The molecule has 0 saturated carbocycles. The molecule has 2 amide bonds. The van der Waals surface area contributed by atoms with Crippen LogP contribution in [0.2, 0.25) is 5.02 Å². The Balaban J connectivity index is 2.15. The fourth-order valence-electron chi connectivity index (χ4n) is 3.90. The van der Waals surface area contributed by atoms with Crippen LogP contribution in [0.3, 0.4) is 0 Å². The van der Waals surface area contributed by atoms with Gasteiger partial charge in [0, 0.05) is 37.9 Å². The van der Waals surface area contributed by atoms with Crippen LogP contribution in [-0.4, -0.2) is 58.2 Å². The molecule has 1 heterocycles. The lowest BCUT2D eigenvalue weighted by Gasteiger charge is -2.33. The third-order valence-electron chi connectivity index (χ3n) is 5.86. The van der Waals surface area contributed by atoms with E-state index < -0.39 is 5.97 Å². The molecule has 0 aromatic heterocycles. The molecule has 0 aliphatic carbocycles.